The van der Waals surface area contributed by atoms with Crippen molar-refractivity contribution in [3.8, 4) is 0 Å². The van der Waals surface area contributed by atoms with E-state index in [1.165, 1.54) is 4.90 Å². The molecule has 2 aromatic carbocycles. The minimum atomic E-state index is -0.985. The molecule has 6 rings (SSSR count). The molecule has 4 aromatic rings. The molecule has 34 heavy (non-hydrogen) atoms. The maximum Gasteiger partial charge on any atom is 0.274 e. The lowest BCUT2D eigenvalue weighted by Gasteiger charge is -2.22. The lowest BCUT2D eigenvalue weighted by molar-refractivity contribution is 0.0835. The third-order valence-electron chi connectivity index (χ3n) is 6.93. The number of aryl methyl sites for hydroxylation is 1. The summed E-state index contributed by atoms with van der Waals surface area (Å²) in [6.45, 7) is 3.47. The van der Waals surface area contributed by atoms with E-state index in [4.69, 9.17) is 4.74 Å². The van der Waals surface area contributed by atoms with E-state index >= 15 is 0 Å². The van der Waals surface area contributed by atoms with Crippen molar-refractivity contribution in [2.24, 2.45) is 0 Å². The van der Waals surface area contributed by atoms with Crippen LogP contribution in [-0.2, 0) is 11.2 Å². The van der Waals surface area contributed by atoms with Gasteiger partial charge in [-0.3, -0.25) is 14.0 Å². The molecule has 174 valence electrons. The molecular formula is C25H22F2N4O3. The van der Waals surface area contributed by atoms with Crippen molar-refractivity contribution < 1.29 is 18.3 Å². The van der Waals surface area contributed by atoms with Crippen molar-refractivity contribution in [1.82, 2.24) is 14.4 Å². The topological polar surface area (TPSA) is 79.7 Å². The lowest BCUT2D eigenvalue weighted by atomic mass is 9.99. The highest BCUT2D eigenvalue weighted by atomic mass is 19.2. The van der Waals surface area contributed by atoms with Gasteiger partial charge in [0.05, 0.1) is 22.9 Å². The molecule has 1 saturated heterocycles. The molecular weight excluding hydrogens is 442 g/mol. The first-order valence-corrected chi connectivity index (χ1v) is 11.3. The summed E-state index contributed by atoms with van der Waals surface area (Å²) in [4.78, 5) is 35.2. The monoisotopic (exact) mass is 464 g/mol. The minimum absolute atomic E-state index is 0.180. The molecule has 9 heteroatoms. The Morgan fingerprint density at radius 1 is 1.12 bits per heavy atom. The number of benzene rings is 2. The molecule has 4 heterocycles. The Balaban J connectivity index is 1.48. The molecule has 1 N–H and O–H groups in total. The molecule has 0 saturated carbocycles. The summed E-state index contributed by atoms with van der Waals surface area (Å²) >= 11 is 0. The van der Waals surface area contributed by atoms with Crippen LogP contribution in [0.1, 0.15) is 46.1 Å². The first-order valence-electron chi connectivity index (χ1n) is 11.3. The van der Waals surface area contributed by atoms with Crippen molar-refractivity contribution in [1.29, 1.82) is 0 Å². The number of carbonyl (C=O) groups is 1. The molecule has 2 aliphatic rings. The fourth-order valence-electron chi connectivity index (χ4n) is 5.16. The molecule has 2 aromatic heterocycles. The summed E-state index contributed by atoms with van der Waals surface area (Å²) < 4.78 is 34.9. The van der Waals surface area contributed by atoms with Gasteiger partial charge < -0.3 is 14.6 Å². The smallest absolute Gasteiger partial charge is 0.274 e. The van der Waals surface area contributed by atoms with Gasteiger partial charge in [-0.2, -0.15) is 0 Å². The number of amides is 1. The van der Waals surface area contributed by atoms with Crippen LogP contribution in [-0.4, -0.2) is 40.0 Å². The molecule has 2 aliphatic heterocycles. The Labute approximate surface area is 193 Å². The van der Waals surface area contributed by atoms with Gasteiger partial charge in [0.25, 0.3) is 11.5 Å². The molecule has 7 nitrogen and oxygen atoms in total. The van der Waals surface area contributed by atoms with Crippen LogP contribution in [0.2, 0.25) is 0 Å². The number of halogens is 2. The van der Waals surface area contributed by atoms with Crippen LogP contribution in [0.15, 0.2) is 35.3 Å². The highest BCUT2D eigenvalue weighted by Gasteiger charge is 2.29. The fourth-order valence-corrected chi connectivity index (χ4v) is 5.16. The van der Waals surface area contributed by atoms with Gasteiger partial charge in [-0.05, 0) is 55.5 Å². The number of carbonyl (C=O) groups excluding carboxylic acids is 1. The molecule has 1 amide bonds. The average molecular weight is 464 g/mol. The van der Waals surface area contributed by atoms with Gasteiger partial charge in [-0.25, -0.2) is 13.8 Å². The van der Waals surface area contributed by atoms with E-state index in [-0.39, 0.29) is 17.4 Å². The number of aromatic nitrogens is 3. The number of anilines is 1. The summed E-state index contributed by atoms with van der Waals surface area (Å²) in [5.41, 5.74) is 3.54. The zero-order valence-corrected chi connectivity index (χ0v) is 18.5. The number of aromatic amines is 1. The van der Waals surface area contributed by atoms with Crippen LogP contribution in [0.4, 0.5) is 14.5 Å². The fraction of sp³-hybridized carbons (Fsp3) is 0.320. The predicted molar refractivity (Wildman–Crippen MR) is 123 cm³/mol. The Morgan fingerprint density at radius 2 is 1.88 bits per heavy atom. The number of hydrogen-bond donors (Lipinski definition) is 1. The van der Waals surface area contributed by atoms with Crippen LogP contribution >= 0.6 is 0 Å². The lowest BCUT2D eigenvalue weighted by Crippen LogP contribution is -2.29. The molecule has 0 radical (unpaired) electrons. The van der Waals surface area contributed by atoms with Gasteiger partial charge in [-0.15, -0.1) is 0 Å². The largest absolute Gasteiger partial charge is 0.381 e. The van der Waals surface area contributed by atoms with Crippen molar-refractivity contribution in [2.75, 3.05) is 24.7 Å². The van der Waals surface area contributed by atoms with Crippen LogP contribution in [0.5, 0.6) is 0 Å². The van der Waals surface area contributed by atoms with E-state index in [0.717, 1.165) is 36.3 Å². The standard InChI is InChI=1S/C25H22F2N4O3/c1-13-8-21-19(29-24(32)22-12-28-23(31(21)22)14-3-6-34-7-4-14)10-16(13)25(33)30-5-2-15-9-17(26)18(27)11-20(15)30/h8-12,14H,2-7H2,1H3,(H,29,32). The van der Waals surface area contributed by atoms with Crippen LogP contribution < -0.4 is 10.5 Å². The zero-order valence-electron chi connectivity index (χ0n) is 18.5. The van der Waals surface area contributed by atoms with Gasteiger partial charge in [0.1, 0.15) is 11.3 Å². The second kappa shape index (κ2) is 7.73. The summed E-state index contributed by atoms with van der Waals surface area (Å²) in [6.07, 6.45) is 3.70. The quantitative estimate of drug-likeness (QED) is 0.489. The van der Waals surface area contributed by atoms with E-state index in [0.29, 0.717) is 59.6 Å². The Bertz CT molecular complexity index is 1540. The zero-order chi connectivity index (χ0) is 23.6. The molecule has 0 aliphatic carbocycles. The van der Waals surface area contributed by atoms with E-state index in [9.17, 15) is 18.4 Å². The maximum absolute atomic E-state index is 13.9. The number of ether oxygens (including phenoxy) is 1. The van der Waals surface area contributed by atoms with Crippen molar-refractivity contribution in [2.45, 2.75) is 32.1 Å². The van der Waals surface area contributed by atoms with Gasteiger partial charge >= 0.3 is 0 Å². The van der Waals surface area contributed by atoms with Gasteiger partial charge in [0.15, 0.2) is 11.6 Å². The number of H-pyrrole nitrogens is 1. The summed E-state index contributed by atoms with van der Waals surface area (Å²) in [7, 11) is 0. The molecule has 0 atom stereocenters. The maximum atomic E-state index is 13.9. The molecule has 0 spiro atoms. The number of nitrogens with zero attached hydrogens (tertiary/aromatic N) is 3. The van der Waals surface area contributed by atoms with Crippen molar-refractivity contribution >= 4 is 28.1 Å². The van der Waals surface area contributed by atoms with Gasteiger partial charge in [0.2, 0.25) is 0 Å². The van der Waals surface area contributed by atoms with E-state index in [2.05, 4.69) is 9.97 Å². The average Bonchev–Trinajstić information content (AvgIpc) is 3.45. The summed E-state index contributed by atoms with van der Waals surface area (Å²) in [5, 5.41) is 0. The number of imidazole rings is 1. The Kier molecular flexibility index (Phi) is 4.77. The van der Waals surface area contributed by atoms with Crippen molar-refractivity contribution in [3.05, 3.63) is 75.0 Å². The Morgan fingerprint density at radius 3 is 2.68 bits per heavy atom. The third kappa shape index (κ3) is 3.14. The van der Waals surface area contributed by atoms with Gasteiger partial charge in [-0.1, -0.05) is 0 Å². The van der Waals surface area contributed by atoms with Crippen LogP contribution in [0, 0.1) is 18.6 Å². The van der Waals surface area contributed by atoms with Gasteiger partial charge in [0, 0.05) is 37.3 Å². The van der Waals surface area contributed by atoms with E-state index < -0.39 is 11.6 Å². The van der Waals surface area contributed by atoms with E-state index in [1.54, 1.807) is 12.3 Å². The Hall–Kier alpha value is -3.59. The highest BCUT2D eigenvalue weighted by Crippen LogP contribution is 2.33. The molecule has 0 bridgehead atoms. The third-order valence-corrected chi connectivity index (χ3v) is 6.93. The summed E-state index contributed by atoms with van der Waals surface area (Å²) in [5.74, 6) is -1.23. The normalized spacial score (nSPS) is 16.5. The SMILES string of the molecule is Cc1cc2c(cc1C(=O)N1CCc3cc(F)c(F)cc31)[nH]c(=O)c1cnc(C3CCOCC3)n12. The number of nitrogens with one attached hydrogen (secondary N) is 1. The molecule has 1 fully saturated rings. The second-order valence-electron chi connectivity index (χ2n) is 8.96. The summed E-state index contributed by atoms with van der Waals surface area (Å²) in [6, 6.07) is 5.76. The predicted octanol–water partition coefficient (Wildman–Crippen LogP) is 3.86. The van der Waals surface area contributed by atoms with Crippen LogP contribution in [0.25, 0.3) is 16.6 Å². The van der Waals surface area contributed by atoms with Crippen molar-refractivity contribution in [3.63, 3.8) is 0 Å². The highest BCUT2D eigenvalue weighted by molar-refractivity contribution is 6.09. The first kappa shape index (κ1) is 21.0. The molecule has 0 unspecified atom stereocenters. The number of rotatable bonds is 2. The van der Waals surface area contributed by atoms with E-state index in [1.807, 2.05) is 17.4 Å². The number of fused-ring (bicyclic) bond motifs is 4. The van der Waals surface area contributed by atoms with Crippen LogP contribution in [0.3, 0.4) is 0 Å². The first-order chi connectivity index (χ1) is 16.4. The number of hydrogen-bond acceptors (Lipinski definition) is 4. The second-order valence-corrected chi connectivity index (χ2v) is 8.96. The minimum Gasteiger partial charge on any atom is -0.381 e.